The summed E-state index contributed by atoms with van der Waals surface area (Å²) in [6, 6.07) is 9.42. The Balaban J connectivity index is 1.40. The third-order valence-corrected chi connectivity index (χ3v) is 6.40. The topological polar surface area (TPSA) is 127 Å². The number of nitrogens with zero attached hydrogens (tertiary/aromatic N) is 5. The molecule has 3 aromatic heterocycles. The molecule has 0 unspecified atom stereocenters. The van der Waals surface area contributed by atoms with E-state index in [0.717, 1.165) is 5.69 Å². The van der Waals surface area contributed by atoms with Crippen molar-refractivity contribution in [2.24, 2.45) is 14.1 Å². The maximum Gasteiger partial charge on any atom is 0.269 e. The zero-order chi connectivity index (χ0) is 25.4. The van der Waals surface area contributed by atoms with E-state index in [1.807, 2.05) is 19.1 Å². The fourth-order valence-corrected chi connectivity index (χ4v) is 4.57. The van der Waals surface area contributed by atoms with Gasteiger partial charge in [-0.3, -0.25) is 23.7 Å². The summed E-state index contributed by atoms with van der Waals surface area (Å²) < 4.78 is 8.67. The number of fused-ring (bicyclic) bond motifs is 1. The number of aromatic nitrogens is 4. The highest BCUT2D eigenvalue weighted by Gasteiger charge is 2.41. The number of nitrogens with one attached hydrogen (secondary N) is 2. The molecule has 1 aliphatic heterocycles. The SMILES string of the molecule is CCc1cc(C(=O)N[C@@H]2C[C@@H](C(=O)Nc3ccn(C)n3)N(C(=O)c3coc4ccccc34)C2)n(C)n1. The van der Waals surface area contributed by atoms with Crippen LogP contribution in [0.4, 0.5) is 5.82 Å². The molecule has 1 aliphatic rings. The van der Waals surface area contributed by atoms with Crippen molar-refractivity contribution in [3.8, 4) is 0 Å². The minimum absolute atomic E-state index is 0.170. The lowest BCUT2D eigenvalue weighted by molar-refractivity contribution is -0.119. The fraction of sp³-hybridized carbons (Fsp3) is 0.320. The molecule has 1 saturated heterocycles. The Morgan fingerprint density at radius 1 is 1.14 bits per heavy atom. The summed E-state index contributed by atoms with van der Waals surface area (Å²) in [5.74, 6) is -0.633. The van der Waals surface area contributed by atoms with Crippen molar-refractivity contribution in [3.63, 3.8) is 0 Å². The van der Waals surface area contributed by atoms with Crippen LogP contribution >= 0.6 is 0 Å². The summed E-state index contributed by atoms with van der Waals surface area (Å²) in [4.78, 5) is 41.4. The second kappa shape index (κ2) is 9.33. The van der Waals surface area contributed by atoms with Gasteiger partial charge in [0, 0.05) is 44.3 Å². The molecule has 36 heavy (non-hydrogen) atoms. The Morgan fingerprint density at radius 2 is 1.94 bits per heavy atom. The molecule has 3 amide bonds. The van der Waals surface area contributed by atoms with Gasteiger partial charge in [-0.25, -0.2) is 0 Å². The normalized spacial score (nSPS) is 17.5. The number of para-hydroxylation sites is 1. The lowest BCUT2D eigenvalue weighted by Crippen LogP contribution is -2.43. The highest BCUT2D eigenvalue weighted by atomic mass is 16.3. The van der Waals surface area contributed by atoms with Crippen LogP contribution in [0.1, 0.15) is 39.9 Å². The van der Waals surface area contributed by atoms with E-state index in [4.69, 9.17) is 4.42 Å². The minimum Gasteiger partial charge on any atom is -0.463 e. The number of carbonyl (C=O) groups excluding carboxylic acids is 3. The van der Waals surface area contributed by atoms with E-state index in [2.05, 4.69) is 20.8 Å². The van der Waals surface area contributed by atoms with Gasteiger partial charge in [0.2, 0.25) is 5.91 Å². The standard InChI is InChI=1S/C25H27N7O4/c1-4-15-11-19(31(3)28-15)23(33)26-16-12-20(24(34)27-22-9-10-30(2)29-22)32(13-16)25(35)18-14-36-21-8-6-5-7-17(18)21/h5-11,14,16,20H,4,12-13H2,1-3H3,(H,26,33)(H,27,29,34)/t16-,20+/m1/s1. The number of aryl methyl sites for hydroxylation is 3. The molecule has 4 heterocycles. The van der Waals surface area contributed by atoms with Crippen LogP contribution in [0.25, 0.3) is 11.0 Å². The van der Waals surface area contributed by atoms with Crippen LogP contribution in [-0.4, -0.2) is 60.8 Å². The predicted octanol–water partition coefficient (Wildman–Crippen LogP) is 2.11. The molecular formula is C25H27N7O4. The number of hydrogen-bond acceptors (Lipinski definition) is 6. The number of benzene rings is 1. The van der Waals surface area contributed by atoms with Gasteiger partial charge in [0.05, 0.1) is 11.3 Å². The number of anilines is 1. The molecule has 0 spiro atoms. The Kier molecular flexibility index (Phi) is 6.05. The number of furan rings is 1. The van der Waals surface area contributed by atoms with Crippen LogP contribution in [0.2, 0.25) is 0 Å². The highest BCUT2D eigenvalue weighted by molar-refractivity contribution is 6.08. The lowest BCUT2D eigenvalue weighted by atomic mass is 10.1. The van der Waals surface area contributed by atoms with Crippen molar-refractivity contribution in [1.82, 2.24) is 29.8 Å². The molecule has 1 aromatic carbocycles. The molecule has 11 nitrogen and oxygen atoms in total. The molecule has 2 atom stereocenters. The second-order valence-electron chi connectivity index (χ2n) is 8.89. The number of likely N-dealkylation sites (tertiary alicyclic amines) is 1. The summed E-state index contributed by atoms with van der Waals surface area (Å²) in [6.45, 7) is 2.14. The van der Waals surface area contributed by atoms with Gasteiger partial charge in [-0.05, 0) is 25.0 Å². The van der Waals surface area contributed by atoms with Crippen molar-refractivity contribution < 1.29 is 18.8 Å². The third kappa shape index (κ3) is 4.35. The Bertz CT molecular complexity index is 1450. The monoisotopic (exact) mass is 489 g/mol. The Hall–Kier alpha value is -4.41. The first-order chi connectivity index (χ1) is 17.3. The van der Waals surface area contributed by atoms with Gasteiger partial charge in [-0.2, -0.15) is 10.2 Å². The molecule has 0 bridgehead atoms. The van der Waals surface area contributed by atoms with E-state index in [1.165, 1.54) is 15.8 Å². The zero-order valence-corrected chi connectivity index (χ0v) is 20.3. The molecule has 0 saturated carbocycles. The van der Waals surface area contributed by atoms with Gasteiger partial charge in [0.1, 0.15) is 23.6 Å². The van der Waals surface area contributed by atoms with Gasteiger partial charge < -0.3 is 20.0 Å². The third-order valence-electron chi connectivity index (χ3n) is 6.40. The maximum atomic E-state index is 13.6. The van der Waals surface area contributed by atoms with Crippen molar-refractivity contribution in [1.29, 1.82) is 0 Å². The van der Waals surface area contributed by atoms with Gasteiger partial charge in [-0.1, -0.05) is 25.1 Å². The summed E-state index contributed by atoms with van der Waals surface area (Å²) in [7, 11) is 3.46. The fourth-order valence-electron chi connectivity index (χ4n) is 4.57. The molecule has 5 rings (SSSR count). The van der Waals surface area contributed by atoms with Crippen molar-refractivity contribution in [2.75, 3.05) is 11.9 Å². The number of carbonyl (C=O) groups is 3. The van der Waals surface area contributed by atoms with Gasteiger partial charge in [0.25, 0.3) is 11.8 Å². The average molecular weight is 490 g/mol. The van der Waals surface area contributed by atoms with Crippen molar-refractivity contribution in [3.05, 3.63) is 65.8 Å². The van der Waals surface area contributed by atoms with Gasteiger partial charge in [0.15, 0.2) is 5.82 Å². The van der Waals surface area contributed by atoms with Crippen LogP contribution in [0.5, 0.6) is 0 Å². The van der Waals surface area contributed by atoms with E-state index in [-0.39, 0.29) is 30.7 Å². The number of rotatable bonds is 6. The maximum absolute atomic E-state index is 13.6. The van der Waals surface area contributed by atoms with Crippen LogP contribution in [0, 0.1) is 0 Å². The minimum atomic E-state index is -0.809. The van der Waals surface area contributed by atoms with Crippen LogP contribution in [0.15, 0.2) is 53.3 Å². The van der Waals surface area contributed by atoms with E-state index >= 15 is 0 Å². The average Bonchev–Trinajstić information content (AvgIpc) is 3.64. The van der Waals surface area contributed by atoms with E-state index in [0.29, 0.717) is 34.5 Å². The van der Waals surface area contributed by atoms with Crippen LogP contribution in [0.3, 0.4) is 0 Å². The predicted molar refractivity (Wildman–Crippen MR) is 131 cm³/mol. The summed E-state index contributed by atoms with van der Waals surface area (Å²) in [5, 5.41) is 15.0. The smallest absolute Gasteiger partial charge is 0.269 e. The first-order valence-electron chi connectivity index (χ1n) is 11.8. The second-order valence-corrected chi connectivity index (χ2v) is 8.89. The van der Waals surface area contributed by atoms with Gasteiger partial charge >= 0.3 is 0 Å². The van der Waals surface area contributed by atoms with Crippen molar-refractivity contribution in [2.45, 2.75) is 31.8 Å². The molecule has 11 heteroatoms. The first kappa shape index (κ1) is 23.3. The van der Waals surface area contributed by atoms with Crippen LogP contribution in [-0.2, 0) is 25.3 Å². The molecular weight excluding hydrogens is 462 g/mol. The summed E-state index contributed by atoms with van der Waals surface area (Å²) >= 11 is 0. The van der Waals surface area contributed by atoms with Crippen molar-refractivity contribution >= 4 is 34.5 Å². The Morgan fingerprint density at radius 3 is 2.67 bits per heavy atom. The van der Waals surface area contributed by atoms with E-state index < -0.39 is 12.1 Å². The van der Waals surface area contributed by atoms with E-state index in [9.17, 15) is 14.4 Å². The summed E-state index contributed by atoms with van der Waals surface area (Å²) in [5.41, 5.74) is 2.19. The van der Waals surface area contributed by atoms with Gasteiger partial charge in [-0.15, -0.1) is 0 Å². The molecule has 1 fully saturated rings. The molecule has 186 valence electrons. The quantitative estimate of drug-likeness (QED) is 0.427. The molecule has 4 aromatic rings. The summed E-state index contributed by atoms with van der Waals surface area (Å²) in [6.07, 6.45) is 4.09. The number of hydrogen-bond donors (Lipinski definition) is 2. The first-order valence-corrected chi connectivity index (χ1v) is 11.8. The molecule has 2 N–H and O–H groups in total. The highest BCUT2D eigenvalue weighted by Crippen LogP contribution is 2.27. The number of amides is 3. The largest absolute Gasteiger partial charge is 0.463 e. The Labute approximate surface area is 207 Å². The molecule has 0 radical (unpaired) electrons. The van der Waals surface area contributed by atoms with E-state index in [1.54, 1.807) is 49.2 Å². The lowest BCUT2D eigenvalue weighted by Gasteiger charge is -2.23. The van der Waals surface area contributed by atoms with Crippen LogP contribution < -0.4 is 10.6 Å². The zero-order valence-electron chi connectivity index (χ0n) is 20.3. The molecule has 0 aliphatic carbocycles.